The molecule has 0 radical (unpaired) electrons. The summed E-state index contributed by atoms with van der Waals surface area (Å²) in [5.74, 6) is 1.05. The molecule has 3 nitrogen and oxygen atoms in total. The van der Waals surface area contributed by atoms with Gasteiger partial charge in [-0.05, 0) is 48.7 Å². The molecule has 0 unspecified atom stereocenters. The van der Waals surface area contributed by atoms with E-state index in [1.807, 2.05) is 36.1 Å². The van der Waals surface area contributed by atoms with Crippen molar-refractivity contribution in [1.29, 1.82) is 0 Å². The highest BCUT2D eigenvalue weighted by atomic mass is 19.4. The number of alkyl halides is 3. The highest BCUT2D eigenvalue weighted by molar-refractivity contribution is 5.76. The summed E-state index contributed by atoms with van der Waals surface area (Å²) in [4.78, 5) is 13.1. The first kappa shape index (κ1) is 19.3. The fraction of sp³-hybridized carbons (Fsp3) is 0.381. The molecular weight excluding hydrogens is 355 g/mol. The first-order chi connectivity index (χ1) is 12.7. The predicted octanol–water partition coefficient (Wildman–Crippen LogP) is 5.06. The van der Waals surface area contributed by atoms with Crippen molar-refractivity contribution >= 4 is 11.5 Å². The van der Waals surface area contributed by atoms with E-state index in [-0.39, 0.29) is 17.8 Å². The molecule has 2 aromatic carbocycles. The first-order valence-electron chi connectivity index (χ1n) is 8.90. The van der Waals surface area contributed by atoms with Gasteiger partial charge in [0.15, 0.2) is 0 Å². The molecule has 144 valence electrons. The van der Waals surface area contributed by atoms with E-state index in [1.54, 1.807) is 13.0 Å². The zero-order chi connectivity index (χ0) is 19.6. The molecule has 1 atom stereocenters. The van der Waals surface area contributed by atoms with E-state index in [0.717, 1.165) is 17.4 Å². The number of halogens is 3. The second-order valence-corrected chi connectivity index (χ2v) is 7.07. The second kappa shape index (κ2) is 7.62. The molecule has 0 aromatic heterocycles. The van der Waals surface area contributed by atoms with Gasteiger partial charge < -0.3 is 14.4 Å². The highest BCUT2D eigenvalue weighted by Crippen LogP contribution is 2.33. The molecule has 0 amide bonds. The van der Waals surface area contributed by atoms with Gasteiger partial charge in [-0.25, -0.2) is 0 Å². The summed E-state index contributed by atoms with van der Waals surface area (Å²) in [6.45, 7) is 4.68. The number of Topliss-reactive ketones (excluding diaryl/α,β-unsaturated/α-hetero) is 1. The predicted molar refractivity (Wildman–Crippen MR) is 98.2 cm³/mol. The number of carbonyl (C=O) groups is 1. The lowest BCUT2D eigenvalue weighted by atomic mass is 9.96. The number of hydrogen-bond acceptors (Lipinski definition) is 3. The molecule has 3 rings (SSSR count). The van der Waals surface area contributed by atoms with Crippen LogP contribution in [-0.2, 0) is 11.0 Å². The summed E-state index contributed by atoms with van der Waals surface area (Å²) < 4.78 is 44.3. The van der Waals surface area contributed by atoms with Crippen molar-refractivity contribution in [2.75, 3.05) is 18.0 Å². The van der Waals surface area contributed by atoms with Crippen molar-refractivity contribution in [3.05, 3.63) is 59.7 Å². The Balaban J connectivity index is 1.54. The maximum absolute atomic E-state index is 12.8. The summed E-state index contributed by atoms with van der Waals surface area (Å²) in [5, 5.41) is 0. The van der Waals surface area contributed by atoms with Gasteiger partial charge in [0.2, 0.25) is 0 Å². The molecule has 0 N–H and O–H groups in total. The number of nitrogens with zero attached hydrogens (tertiary/aromatic N) is 1. The number of carbonyl (C=O) groups excluding carboxylic acids is 1. The maximum Gasteiger partial charge on any atom is 0.416 e. The van der Waals surface area contributed by atoms with E-state index in [0.29, 0.717) is 25.2 Å². The van der Waals surface area contributed by atoms with Gasteiger partial charge in [0, 0.05) is 12.1 Å². The van der Waals surface area contributed by atoms with Gasteiger partial charge in [0.1, 0.15) is 17.6 Å². The Morgan fingerprint density at radius 1 is 1.19 bits per heavy atom. The van der Waals surface area contributed by atoms with Gasteiger partial charge in [0.25, 0.3) is 0 Å². The van der Waals surface area contributed by atoms with E-state index in [4.69, 9.17) is 4.74 Å². The summed E-state index contributed by atoms with van der Waals surface area (Å²) >= 11 is 0. The molecule has 1 aliphatic heterocycles. The van der Waals surface area contributed by atoms with Crippen molar-refractivity contribution in [2.45, 2.75) is 38.5 Å². The highest BCUT2D eigenvalue weighted by Gasteiger charge is 2.33. The molecule has 1 aliphatic rings. The minimum Gasteiger partial charge on any atom is -0.487 e. The van der Waals surface area contributed by atoms with E-state index < -0.39 is 11.7 Å². The molecular formula is C21H22F3NO2. The van der Waals surface area contributed by atoms with Crippen molar-refractivity contribution in [3.63, 3.8) is 0 Å². The van der Waals surface area contributed by atoms with Gasteiger partial charge in [-0.3, -0.25) is 0 Å². The summed E-state index contributed by atoms with van der Waals surface area (Å²) in [5.41, 5.74) is 0.995. The number of anilines is 1. The average molecular weight is 377 g/mol. The van der Waals surface area contributed by atoms with Crippen LogP contribution in [0.5, 0.6) is 5.75 Å². The molecule has 6 heteroatoms. The average Bonchev–Trinajstić information content (AvgIpc) is 2.57. The van der Waals surface area contributed by atoms with E-state index in [9.17, 15) is 18.0 Å². The van der Waals surface area contributed by atoms with Crippen LogP contribution in [0.15, 0.2) is 48.5 Å². The Kier molecular flexibility index (Phi) is 5.44. The normalized spacial score (nSPS) is 16.0. The van der Waals surface area contributed by atoms with Crippen LogP contribution in [0.1, 0.15) is 37.3 Å². The number of benzene rings is 2. The lowest BCUT2D eigenvalue weighted by Crippen LogP contribution is -2.54. The van der Waals surface area contributed by atoms with Gasteiger partial charge in [-0.1, -0.05) is 25.1 Å². The van der Waals surface area contributed by atoms with Crippen LogP contribution < -0.4 is 9.64 Å². The van der Waals surface area contributed by atoms with Crippen LogP contribution in [0.3, 0.4) is 0 Å². The number of ether oxygens (including phenoxy) is 1. The minimum atomic E-state index is -4.34. The quantitative estimate of drug-likeness (QED) is 0.705. The Hall–Kier alpha value is -2.50. The molecule has 0 bridgehead atoms. The SMILES string of the molecule is CC(=O)C[C@@H](C)c1ccc(OC2CN(c3cccc(C(F)(F)F)c3)C2)cc1. The Bertz CT molecular complexity index is 796. The van der Waals surface area contributed by atoms with Crippen molar-refractivity contribution in [3.8, 4) is 5.75 Å². The molecule has 27 heavy (non-hydrogen) atoms. The lowest BCUT2D eigenvalue weighted by Gasteiger charge is -2.40. The van der Waals surface area contributed by atoms with E-state index >= 15 is 0 Å². The van der Waals surface area contributed by atoms with Gasteiger partial charge >= 0.3 is 6.18 Å². The second-order valence-electron chi connectivity index (χ2n) is 7.07. The molecule has 2 aromatic rings. The van der Waals surface area contributed by atoms with E-state index in [1.165, 1.54) is 12.1 Å². The first-order valence-corrected chi connectivity index (χ1v) is 8.90. The summed E-state index contributed by atoms with van der Waals surface area (Å²) in [6, 6.07) is 13.0. The third-order valence-electron chi connectivity index (χ3n) is 4.73. The minimum absolute atomic E-state index is 0.0555. The van der Waals surface area contributed by atoms with Gasteiger partial charge in [-0.15, -0.1) is 0 Å². The van der Waals surface area contributed by atoms with Crippen molar-refractivity contribution < 1.29 is 22.7 Å². The van der Waals surface area contributed by atoms with Crippen molar-refractivity contribution in [1.82, 2.24) is 0 Å². The summed E-state index contributed by atoms with van der Waals surface area (Å²) in [6.07, 6.45) is -3.88. The fourth-order valence-electron chi connectivity index (χ4n) is 3.22. The maximum atomic E-state index is 12.8. The smallest absolute Gasteiger partial charge is 0.416 e. The van der Waals surface area contributed by atoms with Crippen LogP contribution in [0.4, 0.5) is 18.9 Å². The molecule has 0 saturated carbocycles. The van der Waals surface area contributed by atoms with Crippen LogP contribution in [0.25, 0.3) is 0 Å². The van der Waals surface area contributed by atoms with Crippen LogP contribution >= 0.6 is 0 Å². The van der Waals surface area contributed by atoms with Crippen LogP contribution in [-0.4, -0.2) is 25.0 Å². The molecule has 0 spiro atoms. The monoisotopic (exact) mass is 377 g/mol. The lowest BCUT2D eigenvalue weighted by molar-refractivity contribution is -0.137. The molecule has 1 saturated heterocycles. The summed E-state index contributed by atoms with van der Waals surface area (Å²) in [7, 11) is 0. The fourth-order valence-corrected chi connectivity index (χ4v) is 3.22. The molecule has 1 heterocycles. The Morgan fingerprint density at radius 3 is 2.44 bits per heavy atom. The Labute approximate surface area is 156 Å². The zero-order valence-electron chi connectivity index (χ0n) is 15.3. The largest absolute Gasteiger partial charge is 0.487 e. The van der Waals surface area contributed by atoms with Gasteiger partial charge in [0.05, 0.1) is 18.7 Å². The number of rotatable bonds is 6. The topological polar surface area (TPSA) is 29.5 Å². The third kappa shape index (κ3) is 4.81. The van der Waals surface area contributed by atoms with Crippen molar-refractivity contribution in [2.24, 2.45) is 0 Å². The standard InChI is InChI=1S/C21H22F3NO2/c1-14(10-15(2)26)16-6-8-19(9-7-16)27-20-12-25(13-20)18-5-3-4-17(11-18)21(22,23)24/h3-9,11,14,20H,10,12-13H2,1-2H3/t14-/m1/s1. The number of hydrogen-bond donors (Lipinski definition) is 0. The molecule has 0 aliphatic carbocycles. The van der Waals surface area contributed by atoms with E-state index in [2.05, 4.69) is 0 Å². The molecule has 1 fully saturated rings. The Morgan fingerprint density at radius 2 is 1.85 bits per heavy atom. The third-order valence-corrected chi connectivity index (χ3v) is 4.73. The number of ketones is 1. The van der Waals surface area contributed by atoms with Crippen LogP contribution in [0.2, 0.25) is 0 Å². The van der Waals surface area contributed by atoms with Gasteiger partial charge in [-0.2, -0.15) is 13.2 Å². The van der Waals surface area contributed by atoms with Crippen LogP contribution in [0, 0.1) is 0 Å². The zero-order valence-corrected chi connectivity index (χ0v) is 15.3.